The minimum atomic E-state index is -1.15. The number of carbonyl (C=O) groups is 1. The third-order valence-corrected chi connectivity index (χ3v) is 2.45. The number of benzene rings is 1. The molecule has 0 saturated carbocycles. The Hall–Kier alpha value is -1.39. The van der Waals surface area contributed by atoms with Gasteiger partial charge in [0, 0.05) is 13.5 Å². The molecule has 0 aromatic heterocycles. The van der Waals surface area contributed by atoms with E-state index in [0.717, 1.165) is 5.56 Å². The van der Waals surface area contributed by atoms with E-state index in [2.05, 4.69) is 0 Å². The van der Waals surface area contributed by atoms with Gasteiger partial charge in [0.25, 0.3) is 0 Å². The molecule has 4 nitrogen and oxygen atoms in total. The van der Waals surface area contributed by atoms with E-state index in [1.165, 1.54) is 0 Å². The molecule has 4 heteroatoms. The maximum absolute atomic E-state index is 11.3. The standard InChI is InChI=1S/C13H18O4/c1-3-17-13(15)11(14)9-12(16-2)10-7-5-4-6-8-10/h4-8,11-12,14H,3,9H2,1-2H3/t11-,12+/m1/s1. The van der Waals surface area contributed by atoms with Gasteiger partial charge in [-0.15, -0.1) is 0 Å². The van der Waals surface area contributed by atoms with Crippen molar-refractivity contribution in [1.82, 2.24) is 0 Å². The average molecular weight is 238 g/mol. The van der Waals surface area contributed by atoms with Crippen LogP contribution in [0.1, 0.15) is 25.0 Å². The average Bonchev–Trinajstić information content (AvgIpc) is 2.37. The highest BCUT2D eigenvalue weighted by molar-refractivity contribution is 5.74. The molecule has 0 unspecified atom stereocenters. The molecule has 1 aromatic rings. The number of carbonyl (C=O) groups excluding carboxylic acids is 1. The van der Waals surface area contributed by atoms with E-state index in [0.29, 0.717) is 0 Å². The molecule has 0 saturated heterocycles. The Morgan fingerprint density at radius 2 is 2.00 bits per heavy atom. The smallest absolute Gasteiger partial charge is 0.335 e. The Kier molecular flexibility index (Phi) is 5.66. The van der Waals surface area contributed by atoms with E-state index in [-0.39, 0.29) is 19.1 Å². The van der Waals surface area contributed by atoms with Gasteiger partial charge in [0.15, 0.2) is 6.10 Å². The van der Waals surface area contributed by atoms with E-state index in [1.807, 2.05) is 30.3 Å². The summed E-state index contributed by atoms with van der Waals surface area (Å²) in [5.41, 5.74) is 0.929. The summed E-state index contributed by atoms with van der Waals surface area (Å²) in [7, 11) is 1.55. The topological polar surface area (TPSA) is 55.8 Å². The first-order valence-corrected chi connectivity index (χ1v) is 5.61. The molecule has 1 rings (SSSR count). The van der Waals surface area contributed by atoms with Crippen LogP contribution in [0.5, 0.6) is 0 Å². The lowest BCUT2D eigenvalue weighted by molar-refractivity contribution is -0.154. The van der Waals surface area contributed by atoms with Crippen molar-refractivity contribution in [3.05, 3.63) is 35.9 Å². The number of aliphatic hydroxyl groups excluding tert-OH is 1. The fourth-order valence-corrected chi connectivity index (χ4v) is 1.57. The molecule has 0 fully saturated rings. The minimum absolute atomic E-state index is 0.194. The van der Waals surface area contributed by atoms with Crippen molar-refractivity contribution < 1.29 is 19.4 Å². The number of esters is 1. The van der Waals surface area contributed by atoms with Crippen molar-refractivity contribution in [2.24, 2.45) is 0 Å². The molecule has 0 radical (unpaired) electrons. The van der Waals surface area contributed by atoms with Gasteiger partial charge in [-0.05, 0) is 12.5 Å². The summed E-state index contributed by atoms with van der Waals surface area (Å²) in [6.07, 6.45) is -1.27. The molecule has 2 atom stereocenters. The lowest BCUT2D eigenvalue weighted by atomic mass is 10.0. The van der Waals surface area contributed by atoms with Crippen molar-refractivity contribution in [1.29, 1.82) is 0 Å². The first-order valence-electron chi connectivity index (χ1n) is 5.61. The number of hydrogen-bond donors (Lipinski definition) is 1. The number of rotatable bonds is 6. The predicted octanol–water partition coefficient (Wildman–Crippen LogP) is 1.69. The number of ether oxygens (including phenoxy) is 2. The van der Waals surface area contributed by atoms with Gasteiger partial charge in [-0.25, -0.2) is 4.79 Å². The molecule has 0 aliphatic rings. The summed E-state index contributed by atoms with van der Waals surface area (Å²) in [5.74, 6) is -0.606. The SMILES string of the molecule is CCOC(=O)[C@H](O)C[C@H](OC)c1ccccc1. The van der Waals surface area contributed by atoms with Crippen LogP contribution in [0.4, 0.5) is 0 Å². The Balaban J connectivity index is 2.61. The van der Waals surface area contributed by atoms with Gasteiger partial charge in [0.05, 0.1) is 12.7 Å². The lowest BCUT2D eigenvalue weighted by Crippen LogP contribution is -2.25. The van der Waals surface area contributed by atoms with Crippen LogP contribution in [0.15, 0.2) is 30.3 Å². The van der Waals surface area contributed by atoms with Crippen LogP contribution < -0.4 is 0 Å². The second-order valence-corrected chi connectivity index (χ2v) is 3.64. The van der Waals surface area contributed by atoms with Crippen LogP contribution in [-0.4, -0.2) is 30.9 Å². The zero-order valence-corrected chi connectivity index (χ0v) is 10.1. The van der Waals surface area contributed by atoms with Crippen LogP contribution in [0.25, 0.3) is 0 Å². The van der Waals surface area contributed by atoms with Gasteiger partial charge in [0.2, 0.25) is 0 Å². The van der Waals surface area contributed by atoms with E-state index >= 15 is 0 Å². The van der Waals surface area contributed by atoms with E-state index in [9.17, 15) is 9.90 Å². The van der Waals surface area contributed by atoms with E-state index < -0.39 is 12.1 Å². The van der Waals surface area contributed by atoms with Crippen LogP contribution in [-0.2, 0) is 14.3 Å². The Morgan fingerprint density at radius 1 is 1.35 bits per heavy atom. The highest BCUT2D eigenvalue weighted by atomic mass is 16.5. The van der Waals surface area contributed by atoms with E-state index in [1.54, 1.807) is 14.0 Å². The van der Waals surface area contributed by atoms with Crippen LogP contribution >= 0.6 is 0 Å². The van der Waals surface area contributed by atoms with Crippen LogP contribution in [0.2, 0.25) is 0 Å². The Bertz CT molecular complexity index is 337. The molecular weight excluding hydrogens is 220 g/mol. The van der Waals surface area contributed by atoms with Crippen LogP contribution in [0.3, 0.4) is 0 Å². The number of aliphatic hydroxyl groups is 1. The lowest BCUT2D eigenvalue weighted by Gasteiger charge is -2.18. The summed E-state index contributed by atoms with van der Waals surface area (Å²) in [5, 5.41) is 9.66. The van der Waals surface area contributed by atoms with Crippen molar-refractivity contribution in [3.8, 4) is 0 Å². The fourth-order valence-electron chi connectivity index (χ4n) is 1.57. The maximum atomic E-state index is 11.3. The molecule has 0 aliphatic carbocycles. The van der Waals surface area contributed by atoms with Gasteiger partial charge in [-0.1, -0.05) is 30.3 Å². The number of hydrogen-bond acceptors (Lipinski definition) is 4. The third kappa shape index (κ3) is 4.17. The molecule has 0 heterocycles. The first-order chi connectivity index (χ1) is 8.19. The summed E-state index contributed by atoms with van der Waals surface area (Å²) in [4.78, 5) is 11.3. The van der Waals surface area contributed by atoms with Crippen LogP contribution in [0, 0.1) is 0 Å². The van der Waals surface area contributed by atoms with E-state index in [4.69, 9.17) is 9.47 Å². The van der Waals surface area contributed by atoms with Crippen molar-refractivity contribution in [2.45, 2.75) is 25.6 Å². The van der Waals surface area contributed by atoms with Crippen molar-refractivity contribution >= 4 is 5.97 Å². The van der Waals surface area contributed by atoms with Gasteiger partial charge in [0.1, 0.15) is 0 Å². The maximum Gasteiger partial charge on any atom is 0.335 e. The molecule has 1 N–H and O–H groups in total. The molecule has 1 aromatic carbocycles. The molecule has 0 spiro atoms. The van der Waals surface area contributed by atoms with Gasteiger partial charge >= 0.3 is 5.97 Å². The first kappa shape index (κ1) is 13.7. The van der Waals surface area contributed by atoms with Gasteiger partial charge in [-0.3, -0.25) is 0 Å². The third-order valence-electron chi connectivity index (χ3n) is 2.45. The van der Waals surface area contributed by atoms with Gasteiger partial charge in [-0.2, -0.15) is 0 Å². The summed E-state index contributed by atoms with van der Waals surface area (Å²) < 4.78 is 10.0. The second kappa shape index (κ2) is 7.04. The fraction of sp³-hybridized carbons (Fsp3) is 0.462. The summed E-state index contributed by atoms with van der Waals surface area (Å²) >= 11 is 0. The zero-order valence-electron chi connectivity index (χ0n) is 10.1. The molecule has 17 heavy (non-hydrogen) atoms. The zero-order chi connectivity index (χ0) is 12.7. The molecule has 0 bridgehead atoms. The summed E-state index contributed by atoms with van der Waals surface area (Å²) in [6, 6.07) is 9.46. The monoisotopic (exact) mass is 238 g/mol. The summed E-state index contributed by atoms with van der Waals surface area (Å²) in [6.45, 7) is 1.97. The quantitative estimate of drug-likeness (QED) is 0.766. The van der Waals surface area contributed by atoms with Crippen molar-refractivity contribution in [2.75, 3.05) is 13.7 Å². The molecular formula is C13H18O4. The highest BCUT2D eigenvalue weighted by Gasteiger charge is 2.22. The molecule has 0 amide bonds. The predicted molar refractivity (Wildman–Crippen MR) is 63.4 cm³/mol. The minimum Gasteiger partial charge on any atom is -0.464 e. The highest BCUT2D eigenvalue weighted by Crippen LogP contribution is 2.22. The Morgan fingerprint density at radius 3 is 2.53 bits per heavy atom. The molecule has 0 aliphatic heterocycles. The number of methoxy groups -OCH3 is 1. The van der Waals surface area contributed by atoms with Gasteiger partial charge < -0.3 is 14.6 Å². The molecule has 94 valence electrons. The normalized spacial score (nSPS) is 14.1. The second-order valence-electron chi connectivity index (χ2n) is 3.64. The Labute approximate surface area is 101 Å². The largest absolute Gasteiger partial charge is 0.464 e. The van der Waals surface area contributed by atoms with Crippen molar-refractivity contribution in [3.63, 3.8) is 0 Å².